The van der Waals surface area contributed by atoms with Crippen LogP contribution in [0.3, 0.4) is 0 Å². The second-order valence-electron chi connectivity index (χ2n) is 3.62. The lowest BCUT2D eigenvalue weighted by atomic mass is 10.1. The molecular formula is C11H9BrFNO2. The third-order valence-electron chi connectivity index (χ3n) is 2.43. The highest BCUT2D eigenvalue weighted by molar-refractivity contribution is 9.10. The van der Waals surface area contributed by atoms with E-state index >= 15 is 0 Å². The Bertz CT molecular complexity index is 577. The molecular weight excluding hydrogens is 277 g/mol. The largest absolute Gasteiger partial charge is 0.481 e. The Morgan fingerprint density at radius 2 is 2.25 bits per heavy atom. The number of aliphatic carboxylic acids is 1. The van der Waals surface area contributed by atoms with E-state index in [4.69, 9.17) is 5.11 Å². The second kappa shape index (κ2) is 3.90. The molecule has 0 saturated carbocycles. The molecule has 0 saturated heterocycles. The van der Waals surface area contributed by atoms with Gasteiger partial charge >= 0.3 is 5.97 Å². The molecule has 84 valence electrons. The smallest absolute Gasteiger partial charge is 0.307 e. The number of aryl methyl sites for hydroxylation is 1. The van der Waals surface area contributed by atoms with Crippen molar-refractivity contribution in [2.24, 2.45) is 7.05 Å². The van der Waals surface area contributed by atoms with Crippen molar-refractivity contribution in [1.82, 2.24) is 4.57 Å². The Morgan fingerprint density at radius 1 is 1.56 bits per heavy atom. The van der Waals surface area contributed by atoms with Gasteiger partial charge in [0, 0.05) is 23.1 Å². The van der Waals surface area contributed by atoms with Gasteiger partial charge in [-0.2, -0.15) is 0 Å². The van der Waals surface area contributed by atoms with Gasteiger partial charge < -0.3 is 9.67 Å². The number of benzene rings is 1. The van der Waals surface area contributed by atoms with Crippen LogP contribution in [-0.4, -0.2) is 15.6 Å². The van der Waals surface area contributed by atoms with Crippen molar-refractivity contribution in [1.29, 1.82) is 0 Å². The molecule has 0 radical (unpaired) electrons. The number of carboxylic acid groups (broad SMARTS) is 1. The molecule has 16 heavy (non-hydrogen) atoms. The van der Waals surface area contributed by atoms with Crippen molar-refractivity contribution in [3.8, 4) is 0 Å². The fourth-order valence-electron chi connectivity index (χ4n) is 1.82. The van der Waals surface area contributed by atoms with Crippen molar-refractivity contribution < 1.29 is 14.3 Å². The van der Waals surface area contributed by atoms with Gasteiger partial charge in [0.15, 0.2) is 0 Å². The summed E-state index contributed by atoms with van der Waals surface area (Å²) in [4.78, 5) is 10.7. The van der Waals surface area contributed by atoms with Crippen LogP contribution >= 0.6 is 15.9 Å². The van der Waals surface area contributed by atoms with E-state index in [-0.39, 0.29) is 6.42 Å². The van der Waals surface area contributed by atoms with E-state index in [9.17, 15) is 9.18 Å². The van der Waals surface area contributed by atoms with Crippen LogP contribution in [0, 0.1) is 5.82 Å². The Morgan fingerprint density at radius 3 is 2.88 bits per heavy atom. The zero-order chi connectivity index (χ0) is 11.9. The zero-order valence-corrected chi connectivity index (χ0v) is 10.1. The van der Waals surface area contributed by atoms with Crippen LogP contribution < -0.4 is 0 Å². The molecule has 1 aromatic heterocycles. The van der Waals surface area contributed by atoms with Crippen LogP contribution in [-0.2, 0) is 18.3 Å². The number of hydrogen-bond acceptors (Lipinski definition) is 1. The summed E-state index contributed by atoms with van der Waals surface area (Å²) in [6.07, 6.45) is 1.48. The van der Waals surface area contributed by atoms with Crippen LogP contribution in [0.15, 0.2) is 22.8 Å². The molecule has 3 nitrogen and oxygen atoms in total. The topological polar surface area (TPSA) is 42.2 Å². The summed E-state index contributed by atoms with van der Waals surface area (Å²) in [5.74, 6) is -1.36. The Hall–Kier alpha value is -1.36. The lowest BCUT2D eigenvalue weighted by Crippen LogP contribution is -1.99. The molecule has 0 amide bonds. The van der Waals surface area contributed by atoms with Gasteiger partial charge in [0.25, 0.3) is 0 Å². The van der Waals surface area contributed by atoms with Gasteiger partial charge in [-0.1, -0.05) is 15.9 Å². The first-order chi connectivity index (χ1) is 7.49. The van der Waals surface area contributed by atoms with Crippen LogP contribution in [0.2, 0.25) is 0 Å². The molecule has 0 aliphatic carbocycles. The molecule has 5 heteroatoms. The van der Waals surface area contributed by atoms with E-state index in [0.29, 0.717) is 20.9 Å². The first-order valence-electron chi connectivity index (χ1n) is 4.64. The number of nitrogens with zero attached hydrogens (tertiary/aromatic N) is 1. The van der Waals surface area contributed by atoms with Crippen LogP contribution in [0.1, 0.15) is 5.56 Å². The summed E-state index contributed by atoms with van der Waals surface area (Å²) in [5, 5.41) is 9.12. The van der Waals surface area contributed by atoms with Crippen LogP contribution in [0.4, 0.5) is 4.39 Å². The van der Waals surface area contributed by atoms with Gasteiger partial charge in [-0.25, -0.2) is 4.39 Å². The summed E-state index contributed by atoms with van der Waals surface area (Å²) >= 11 is 3.21. The van der Waals surface area contributed by atoms with Crippen molar-refractivity contribution in [3.63, 3.8) is 0 Å². The first kappa shape index (κ1) is 11.1. The van der Waals surface area contributed by atoms with Gasteiger partial charge in [-0.05, 0) is 17.7 Å². The Labute approximate surface area is 99.6 Å². The molecule has 0 aliphatic heterocycles. The Kier molecular flexibility index (Phi) is 2.71. The van der Waals surface area contributed by atoms with Crippen molar-refractivity contribution in [3.05, 3.63) is 34.2 Å². The van der Waals surface area contributed by atoms with E-state index in [0.717, 1.165) is 0 Å². The molecule has 0 aliphatic rings. The molecule has 0 fully saturated rings. The third kappa shape index (κ3) is 1.82. The van der Waals surface area contributed by atoms with Gasteiger partial charge in [-0.15, -0.1) is 0 Å². The first-order valence-corrected chi connectivity index (χ1v) is 5.43. The number of halogens is 2. The highest BCUT2D eigenvalue weighted by Crippen LogP contribution is 2.27. The normalized spacial score (nSPS) is 10.9. The summed E-state index contributed by atoms with van der Waals surface area (Å²) < 4.78 is 16.1. The molecule has 0 unspecified atom stereocenters. The van der Waals surface area contributed by atoms with Crippen molar-refractivity contribution >= 4 is 32.8 Å². The molecule has 0 atom stereocenters. The van der Waals surface area contributed by atoms with Gasteiger partial charge in [0.2, 0.25) is 0 Å². The third-order valence-corrected chi connectivity index (χ3v) is 2.88. The minimum absolute atomic E-state index is 0.171. The quantitative estimate of drug-likeness (QED) is 0.922. The number of carbonyl (C=O) groups is 1. The average Bonchev–Trinajstić information content (AvgIpc) is 2.42. The summed E-state index contributed by atoms with van der Waals surface area (Å²) in [5.41, 5.74) is 1.18. The van der Waals surface area contributed by atoms with Crippen molar-refractivity contribution in [2.45, 2.75) is 6.42 Å². The summed E-state index contributed by atoms with van der Waals surface area (Å²) in [6, 6.07) is 3.11. The number of aromatic nitrogens is 1. The van der Waals surface area contributed by atoms with Crippen molar-refractivity contribution in [2.75, 3.05) is 0 Å². The molecule has 1 heterocycles. The predicted molar refractivity (Wildman–Crippen MR) is 61.9 cm³/mol. The maximum absolute atomic E-state index is 13.7. The minimum atomic E-state index is -0.963. The molecule has 2 aromatic rings. The van der Waals surface area contributed by atoms with E-state index < -0.39 is 11.8 Å². The molecule has 1 N–H and O–H groups in total. The monoisotopic (exact) mass is 285 g/mol. The highest BCUT2D eigenvalue weighted by atomic mass is 79.9. The van der Waals surface area contributed by atoms with E-state index in [1.807, 2.05) is 0 Å². The van der Waals surface area contributed by atoms with Crippen LogP contribution in [0.25, 0.3) is 10.9 Å². The number of hydrogen-bond donors (Lipinski definition) is 1. The van der Waals surface area contributed by atoms with Crippen LogP contribution in [0.5, 0.6) is 0 Å². The van der Waals surface area contributed by atoms with E-state index in [1.165, 1.54) is 6.07 Å². The lowest BCUT2D eigenvalue weighted by molar-refractivity contribution is -0.136. The average molecular weight is 286 g/mol. The Balaban J connectivity index is 2.73. The zero-order valence-electron chi connectivity index (χ0n) is 8.50. The fraction of sp³-hybridized carbons (Fsp3) is 0.182. The lowest BCUT2D eigenvalue weighted by Gasteiger charge is -1.99. The number of carboxylic acids is 1. The fourth-order valence-corrected chi connectivity index (χ4v) is 2.24. The van der Waals surface area contributed by atoms with E-state index in [2.05, 4.69) is 15.9 Å². The van der Waals surface area contributed by atoms with E-state index in [1.54, 1.807) is 23.9 Å². The molecule has 0 bridgehead atoms. The predicted octanol–water partition coefficient (Wildman–Crippen LogP) is 2.71. The van der Waals surface area contributed by atoms with Gasteiger partial charge in [-0.3, -0.25) is 4.79 Å². The maximum Gasteiger partial charge on any atom is 0.307 e. The molecule has 1 aromatic carbocycles. The molecule has 2 rings (SSSR count). The SMILES string of the molecule is Cn1cc(CC(=O)O)c2c(F)cc(Br)cc21. The summed E-state index contributed by atoms with van der Waals surface area (Å²) in [7, 11) is 1.76. The summed E-state index contributed by atoms with van der Waals surface area (Å²) in [6.45, 7) is 0. The standard InChI is InChI=1S/C11H9BrFNO2/c1-14-5-6(2-10(15)16)11-8(13)3-7(12)4-9(11)14/h3-5H,2H2,1H3,(H,15,16). The molecule has 0 spiro atoms. The van der Waals surface area contributed by atoms with Gasteiger partial charge in [0.05, 0.1) is 11.9 Å². The number of rotatable bonds is 2. The highest BCUT2D eigenvalue weighted by Gasteiger charge is 2.14. The van der Waals surface area contributed by atoms with Gasteiger partial charge in [0.1, 0.15) is 5.82 Å². The second-order valence-corrected chi connectivity index (χ2v) is 4.53. The minimum Gasteiger partial charge on any atom is -0.481 e. The maximum atomic E-state index is 13.7. The number of fused-ring (bicyclic) bond motifs is 1.